The smallest absolute Gasteiger partial charge is 0.406 e. The van der Waals surface area contributed by atoms with Crippen LogP contribution in [0.1, 0.15) is 25.5 Å². The molecule has 3 aromatic rings. The van der Waals surface area contributed by atoms with Gasteiger partial charge in [0.2, 0.25) is 0 Å². The van der Waals surface area contributed by atoms with Crippen molar-refractivity contribution in [1.82, 2.24) is 9.47 Å². The minimum absolute atomic E-state index is 0.0152. The molecule has 1 aromatic heterocycles. The van der Waals surface area contributed by atoms with Crippen LogP contribution in [0.2, 0.25) is 0 Å². The van der Waals surface area contributed by atoms with Crippen molar-refractivity contribution in [3.05, 3.63) is 48.2 Å². The number of piperidine rings is 1. The van der Waals surface area contributed by atoms with Gasteiger partial charge in [0.05, 0.1) is 41.9 Å². The van der Waals surface area contributed by atoms with E-state index in [1.165, 1.54) is 20.1 Å². The van der Waals surface area contributed by atoms with Gasteiger partial charge in [-0.1, -0.05) is 12.0 Å². The molecule has 0 aliphatic carbocycles. The fourth-order valence-electron chi connectivity index (χ4n) is 4.81. The van der Waals surface area contributed by atoms with E-state index in [0.717, 1.165) is 4.57 Å². The van der Waals surface area contributed by atoms with Crippen LogP contribution >= 0.6 is 0 Å². The number of methoxy groups -OCH3 is 1. The number of aliphatic hydroxyl groups is 1. The second-order valence-corrected chi connectivity index (χ2v) is 10.8. The highest BCUT2D eigenvalue weighted by molar-refractivity contribution is 7.89. The first-order chi connectivity index (χ1) is 19.5. The molecule has 2 unspecified atom stereocenters. The molecule has 4 rings (SSSR count). The monoisotopic (exact) mass is 591 g/mol. The number of fused-ring (bicyclic) bond motifs is 1. The molecule has 1 saturated heterocycles. The summed E-state index contributed by atoms with van der Waals surface area (Å²) in [6.07, 6.45) is -4.22. The molecule has 1 fully saturated rings. The number of nitrogens with one attached hydrogen (secondary N) is 2. The lowest BCUT2D eigenvalue weighted by molar-refractivity contribution is -0.140. The Morgan fingerprint density at radius 2 is 1.98 bits per heavy atom. The standard InChI is InChI=1S/C28H32F3N5O4S/c1-18(37)27(38)35-13-10-19(11-14-35)34-23-6-3-7-25-22(23)15-20(36(25)17-28(29,30)31)5-4-12-33-24-9-8-21(41(32)39)16-26(24)40-2/h3,6-9,15-16,18-19,33-34,37H,10-14,17,32H2,1-2H3. The Labute approximate surface area is 239 Å². The maximum atomic E-state index is 13.5. The maximum absolute atomic E-state index is 13.5. The zero-order valence-corrected chi connectivity index (χ0v) is 23.4. The van der Waals surface area contributed by atoms with Gasteiger partial charge < -0.3 is 34.5 Å². The number of hydrogen-bond donors (Lipinski definition) is 4. The number of amides is 1. The zero-order valence-electron chi connectivity index (χ0n) is 22.6. The Morgan fingerprint density at radius 3 is 2.61 bits per heavy atom. The number of aromatic nitrogens is 1. The molecule has 0 bridgehead atoms. The van der Waals surface area contributed by atoms with Crippen molar-refractivity contribution in [2.75, 3.05) is 37.4 Å². The molecule has 13 heteroatoms. The van der Waals surface area contributed by atoms with Crippen LogP contribution in [0.15, 0.2) is 47.4 Å². The minimum atomic E-state index is -4.45. The second-order valence-electron chi connectivity index (χ2n) is 9.70. The van der Waals surface area contributed by atoms with Gasteiger partial charge in [0.25, 0.3) is 5.91 Å². The van der Waals surface area contributed by atoms with E-state index in [2.05, 4.69) is 22.5 Å². The van der Waals surface area contributed by atoms with Gasteiger partial charge in [0.15, 0.2) is 4.90 Å². The number of rotatable bonds is 8. The Hall–Kier alpha value is -3.57. The van der Waals surface area contributed by atoms with E-state index in [-0.39, 0.29) is 24.2 Å². The highest BCUT2D eigenvalue weighted by atomic mass is 32.2. The minimum Gasteiger partial charge on any atom is -0.593 e. The molecule has 2 heterocycles. The van der Waals surface area contributed by atoms with Crippen LogP contribution in [0.5, 0.6) is 5.75 Å². The summed E-state index contributed by atoms with van der Waals surface area (Å²) in [4.78, 5) is 14.1. The van der Waals surface area contributed by atoms with Crippen LogP contribution in [-0.2, 0) is 22.7 Å². The van der Waals surface area contributed by atoms with Crippen molar-refractivity contribution in [1.29, 1.82) is 0 Å². The van der Waals surface area contributed by atoms with Gasteiger partial charge in [-0.05, 0) is 56.0 Å². The summed E-state index contributed by atoms with van der Waals surface area (Å²) in [5, 5.41) is 22.1. The number of nitrogens with two attached hydrogens (primary N) is 1. The first-order valence-corrected chi connectivity index (χ1v) is 14.2. The Balaban J connectivity index is 1.54. The summed E-state index contributed by atoms with van der Waals surface area (Å²) < 4.78 is 58.6. The number of anilines is 2. The summed E-state index contributed by atoms with van der Waals surface area (Å²) in [5.74, 6) is 5.85. The second kappa shape index (κ2) is 12.9. The topological polar surface area (TPSA) is 128 Å². The number of carbonyl (C=O) groups is 1. The highest BCUT2D eigenvalue weighted by Crippen LogP contribution is 2.31. The first-order valence-electron chi connectivity index (χ1n) is 13.0. The lowest BCUT2D eigenvalue weighted by Crippen LogP contribution is -2.45. The number of aliphatic hydroxyl groups excluding tert-OH is 1. The van der Waals surface area contributed by atoms with Gasteiger partial charge in [-0.15, -0.1) is 5.14 Å². The van der Waals surface area contributed by atoms with Crippen molar-refractivity contribution >= 4 is 39.5 Å². The lowest BCUT2D eigenvalue weighted by atomic mass is 10.0. The van der Waals surface area contributed by atoms with E-state index in [4.69, 9.17) is 9.88 Å². The fraction of sp³-hybridized carbons (Fsp3) is 0.393. The molecule has 0 spiro atoms. The van der Waals surface area contributed by atoms with Crippen LogP contribution in [0.4, 0.5) is 24.5 Å². The first kappa shape index (κ1) is 30.4. The third kappa shape index (κ3) is 7.59. The van der Waals surface area contributed by atoms with Gasteiger partial charge in [0.1, 0.15) is 18.4 Å². The van der Waals surface area contributed by atoms with E-state index in [1.807, 2.05) is 6.07 Å². The molecule has 1 aliphatic rings. The maximum Gasteiger partial charge on any atom is 0.406 e. The van der Waals surface area contributed by atoms with E-state index >= 15 is 0 Å². The summed E-state index contributed by atoms with van der Waals surface area (Å²) in [5.41, 5.74) is 1.87. The molecule has 1 aliphatic heterocycles. The fourth-order valence-corrected chi connectivity index (χ4v) is 5.23. The number of nitrogens with zero attached hydrogens (tertiary/aromatic N) is 2. The molecule has 220 valence electrons. The van der Waals surface area contributed by atoms with Crippen LogP contribution in [0.25, 0.3) is 10.9 Å². The molecule has 41 heavy (non-hydrogen) atoms. The van der Waals surface area contributed by atoms with Crippen LogP contribution in [0.3, 0.4) is 0 Å². The van der Waals surface area contributed by atoms with E-state index in [0.29, 0.717) is 58.9 Å². The molecule has 2 aromatic carbocycles. The van der Waals surface area contributed by atoms with Crippen LogP contribution in [-0.4, -0.2) is 70.1 Å². The van der Waals surface area contributed by atoms with E-state index in [9.17, 15) is 27.6 Å². The van der Waals surface area contributed by atoms with Crippen molar-refractivity contribution in [3.63, 3.8) is 0 Å². The number of likely N-dealkylation sites (tertiary alicyclic amines) is 1. The van der Waals surface area contributed by atoms with E-state index < -0.39 is 30.2 Å². The van der Waals surface area contributed by atoms with Crippen molar-refractivity contribution in [3.8, 4) is 17.6 Å². The van der Waals surface area contributed by atoms with Gasteiger partial charge in [-0.25, -0.2) is 0 Å². The quantitative estimate of drug-likeness (QED) is 0.234. The Bertz CT molecular complexity index is 1440. The number of ether oxygens (including phenoxy) is 1. The molecule has 5 N–H and O–H groups in total. The lowest BCUT2D eigenvalue weighted by Gasteiger charge is -2.33. The molecule has 0 radical (unpaired) electrons. The Kier molecular flexibility index (Phi) is 9.60. The largest absolute Gasteiger partial charge is 0.593 e. The van der Waals surface area contributed by atoms with Gasteiger partial charge in [0, 0.05) is 36.3 Å². The number of alkyl halides is 3. The Morgan fingerprint density at radius 1 is 1.24 bits per heavy atom. The third-order valence-corrected chi connectivity index (χ3v) is 7.51. The van der Waals surface area contributed by atoms with Crippen LogP contribution < -0.4 is 20.5 Å². The predicted molar refractivity (Wildman–Crippen MR) is 152 cm³/mol. The SMILES string of the molecule is COc1cc([S+](N)[O-])ccc1NCC#Cc1cc2c(NC3CCN(C(=O)C(C)O)CC3)cccc2n1CC(F)(F)F. The summed E-state index contributed by atoms with van der Waals surface area (Å²) >= 11 is -1.67. The number of carbonyl (C=O) groups excluding carboxylic acids is 1. The summed E-state index contributed by atoms with van der Waals surface area (Å²) in [6, 6.07) is 11.6. The van der Waals surface area contributed by atoms with Crippen LogP contribution in [0, 0.1) is 11.8 Å². The molecule has 9 nitrogen and oxygen atoms in total. The van der Waals surface area contributed by atoms with Gasteiger partial charge in [-0.2, -0.15) is 13.2 Å². The number of benzene rings is 2. The third-order valence-electron chi connectivity index (χ3n) is 6.80. The van der Waals surface area contributed by atoms with Gasteiger partial charge >= 0.3 is 6.18 Å². The van der Waals surface area contributed by atoms with E-state index in [1.54, 1.807) is 35.2 Å². The highest BCUT2D eigenvalue weighted by Gasteiger charge is 2.30. The molecular formula is C28H32F3N5O4S. The van der Waals surface area contributed by atoms with Crippen molar-refractivity contribution in [2.45, 2.75) is 49.5 Å². The molecule has 0 saturated carbocycles. The normalized spacial score (nSPS) is 15.7. The molecule has 1 amide bonds. The predicted octanol–water partition coefficient (Wildman–Crippen LogP) is 3.44. The molecule has 2 atom stereocenters. The van der Waals surface area contributed by atoms with Gasteiger partial charge in [-0.3, -0.25) is 4.79 Å². The summed E-state index contributed by atoms with van der Waals surface area (Å²) in [6.45, 7) is 1.32. The molecular weight excluding hydrogens is 559 g/mol. The zero-order chi connectivity index (χ0) is 29.7. The average molecular weight is 592 g/mol. The average Bonchev–Trinajstić information content (AvgIpc) is 3.27. The van der Waals surface area contributed by atoms with Crippen molar-refractivity contribution < 1.29 is 32.4 Å². The number of hydrogen-bond acceptors (Lipinski definition) is 7. The van der Waals surface area contributed by atoms with Crippen molar-refractivity contribution in [2.24, 2.45) is 5.14 Å². The summed E-state index contributed by atoms with van der Waals surface area (Å²) in [7, 11) is 1.45. The number of halogens is 3.